The maximum absolute atomic E-state index is 13.9. The van der Waals surface area contributed by atoms with E-state index in [4.69, 9.17) is 22.2 Å². The highest BCUT2D eigenvalue weighted by atomic mass is 35.5. The molecule has 0 aromatic heterocycles. The molecule has 0 fully saturated rings. The lowest BCUT2D eigenvalue weighted by Gasteiger charge is -2.18. The second-order valence-corrected chi connectivity index (χ2v) is 4.48. The normalized spacial score (nSPS) is 12.2. The summed E-state index contributed by atoms with van der Waals surface area (Å²) in [6.45, 7) is 0. The van der Waals surface area contributed by atoms with Gasteiger partial charge in [0.1, 0.15) is 11.6 Å². The number of rotatable bonds is 4. The van der Waals surface area contributed by atoms with E-state index in [2.05, 4.69) is 5.43 Å². The fraction of sp³-hybridized carbons (Fsp3) is 0.143. The van der Waals surface area contributed by atoms with Crippen molar-refractivity contribution < 1.29 is 9.13 Å². The molecule has 19 heavy (non-hydrogen) atoms. The molecule has 100 valence electrons. The first kappa shape index (κ1) is 13.8. The van der Waals surface area contributed by atoms with E-state index in [0.717, 1.165) is 11.3 Å². The van der Waals surface area contributed by atoms with Crippen molar-refractivity contribution in [3.05, 3.63) is 64.4 Å². The number of hydrogen-bond acceptors (Lipinski definition) is 3. The molecule has 0 amide bonds. The minimum absolute atomic E-state index is 0.358. The Morgan fingerprint density at radius 2 is 1.89 bits per heavy atom. The number of ether oxygens (including phenoxy) is 1. The Morgan fingerprint density at radius 1 is 1.21 bits per heavy atom. The molecule has 0 bridgehead atoms. The molecule has 1 unspecified atom stereocenters. The van der Waals surface area contributed by atoms with E-state index in [1.807, 2.05) is 12.1 Å². The Bertz CT molecular complexity index is 560. The van der Waals surface area contributed by atoms with Gasteiger partial charge in [-0.1, -0.05) is 23.7 Å². The van der Waals surface area contributed by atoms with Gasteiger partial charge in [-0.2, -0.15) is 0 Å². The summed E-state index contributed by atoms with van der Waals surface area (Å²) in [4.78, 5) is 0. The van der Waals surface area contributed by atoms with Crippen molar-refractivity contribution in [2.24, 2.45) is 5.84 Å². The SMILES string of the molecule is COc1ccc(C(NN)c2cc(Cl)ccc2F)cc1. The maximum Gasteiger partial charge on any atom is 0.128 e. The van der Waals surface area contributed by atoms with Crippen LogP contribution in [0.1, 0.15) is 17.2 Å². The highest BCUT2D eigenvalue weighted by molar-refractivity contribution is 6.30. The van der Waals surface area contributed by atoms with Gasteiger partial charge in [0.25, 0.3) is 0 Å². The second-order valence-electron chi connectivity index (χ2n) is 4.04. The predicted molar refractivity (Wildman–Crippen MR) is 73.6 cm³/mol. The molecule has 0 radical (unpaired) electrons. The number of hydrogen-bond donors (Lipinski definition) is 2. The fourth-order valence-electron chi connectivity index (χ4n) is 1.90. The first-order valence-electron chi connectivity index (χ1n) is 5.70. The molecule has 0 aliphatic heterocycles. The van der Waals surface area contributed by atoms with E-state index in [1.165, 1.54) is 12.1 Å². The van der Waals surface area contributed by atoms with Crippen LogP contribution < -0.4 is 16.0 Å². The van der Waals surface area contributed by atoms with Gasteiger partial charge >= 0.3 is 0 Å². The standard InChI is InChI=1S/C14H14ClFN2O/c1-19-11-5-2-9(3-6-11)14(18-17)12-8-10(15)4-7-13(12)16/h2-8,14,18H,17H2,1H3. The van der Waals surface area contributed by atoms with Crippen LogP contribution in [0.5, 0.6) is 5.75 Å². The molecular formula is C14H14ClFN2O. The summed E-state index contributed by atoms with van der Waals surface area (Å²) in [5.41, 5.74) is 3.83. The van der Waals surface area contributed by atoms with E-state index in [0.29, 0.717) is 10.6 Å². The van der Waals surface area contributed by atoms with Crippen molar-refractivity contribution in [3.8, 4) is 5.75 Å². The molecule has 0 saturated carbocycles. The summed E-state index contributed by atoms with van der Waals surface area (Å²) in [6.07, 6.45) is 0. The van der Waals surface area contributed by atoms with Crippen LogP contribution in [0.15, 0.2) is 42.5 Å². The highest BCUT2D eigenvalue weighted by Crippen LogP contribution is 2.27. The van der Waals surface area contributed by atoms with Gasteiger partial charge in [0.15, 0.2) is 0 Å². The average molecular weight is 281 g/mol. The molecule has 2 aromatic rings. The minimum Gasteiger partial charge on any atom is -0.497 e. The molecule has 1 atom stereocenters. The average Bonchev–Trinajstić information content (AvgIpc) is 2.44. The number of hydrazine groups is 1. The Balaban J connectivity index is 2.40. The number of benzene rings is 2. The minimum atomic E-state index is -0.468. The topological polar surface area (TPSA) is 47.3 Å². The van der Waals surface area contributed by atoms with E-state index in [9.17, 15) is 4.39 Å². The second kappa shape index (κ2) is 6.02. The van der Waals surface area contributed by atoms with E-state index in [-0.39, 0.29) is 5.82 Å². The zero-order valence-corrected chi connectivity index (χ0v) is 11.1. The van der Waals surface area contributed by atoms with E-state index < -0.39 is 6.04 Å². The molecule has 0 saturated heterocycles. The molecule has 2 rings (SSSR count). The van der Waals surface area contributed by atoms with Crippen molar-refractivity contribution in [2.45, 2.75) is 6.04 Å². The third-order valence-electron chi connectivity index (χ3n) is 2.88. The quantitative estimate of drug-likeness (QED) is 0.668. The summed E-state index contributed by atoms with van der Waals surface area (Å²) in [5.74, 6) is 5.91. The third kappa shape index (κ3) is 3.04. The lowest BCUT2D eigenvalue weighted by atomic mass is 9.99. The molecule has 3 N–H and O–H groups in total. The molecule has 2 aromatic carbocycles. The Kier molecular flexibility index (Phi) is 4.37. The number of halogens is 2. The molecule has 0 spiro atoms. The van der Waals surface area contributed by atoms with Gasteiger partial charge in [-0.15, -0.1) is 0 Å². The Hall–Kier alpha value is -1.62. The summed E-state index contributed by atoms with van der Waals surface area (Å²) in [5, 5.41) is 0.463. The van der Waals surface area contributed by atoms with Crippen LogP contribution >= 0.6 is 11.6 Å². The molecule has 5 heteroatoms. The first-order valence-corrected chi connectivity index (χ1v) is 6.08. The van der Waals surface area contributed by atoms with Crippen molar-refractivity contribution >= 4 is 11.6 Å². The van der Waals surface area contributed by atoms with Gasteiger partial charge in [0, 0.05) is 10.6 Å². The summed E-state index contributed by atoms with van der Waals surface area (Å²) in [7, 11) is 1.59. The molecule has 0 heterocycles. The smallest absolute Gasteiger partial charge is 0.128 e. The summed E-state index contributed by atoms with van der Waals surface area (Å²) in [6, 6.07) is 11.2. The Morgan fingerprint density at radius 3 is 2.47 bits per heavy atom. The van der Waals surface area contributed by atoms with Crippen LogP contribution in [0.3, 0.4) is 0 Å². The van der Waals surface area contributed by atoms with E-state index >= 15 is 0 Å². The van der Waals surface area contributed by atoms with Crippen LogP contribution in [0.4, 0.5) is 4.39 Å². The highest BCUT2D eigenvalue weighted by Gasteiger charge is 2.17. The zero-order chi connectivity index (χ0) is 13.8. The predicted octanol–water partition coefficient (Wildman–Crippen LogP) is 3.04. The lowest BCUT2D eigenvalue weighted by molar-refractivity contribution is 0.414. The Labute approximate surface area is 116 Å². The molecule has 0 aliphatic carbocycles. The van der Waals surface area contributed by atoms with E-state index in [1.54, 1.807) is 25.3 Å². The van der Waals surface area contributed by atoms with Gasteiger partial charge in [-0.25, -0.2) is 9.82 Å². The van der Waals surface area contributed by atoms with Crippen molar-refractivity contribution in [1.29, 1.82) is 0 Å². The van der Waals surface area contributed by atoms with Crippen molar-refractivity contribution in [1.82, 2.24) is 5.43 Å². The number of methoxy groups -OCH3 is 1. The first-order chi connectivity index (χ1) is 9.15. The monoisotopic (exact) mass is 280 g/mol. The molecule has 0 aliphatic rings. The van der Waals surface area contributed by atoms with Crippen LogP contribution in [0.2, 0.25) is 5.02 Å². The lowest BCUT2D eigenvalue weighted by Crippen LogP contribution is -2.29. The number of nitrogens with one attached hydrogen (secondary N) is 1. The van der Waals surface area contributed by atoms with Gasteiger partial charge in [-0.3, -0.25) is 5.84 Å². The molecule has 3 nitrogen and oxygen atoms in total. The fourth-order valence-corrected chi connectivity index (χ4v) is 2.08. The van der Waals surface area contributed by atoms with Crippen LogP contribution in [0, 0.1) is 5.82 Å². The van der Waals surface area contributed by atoms with Gasteiger partial charge in [-0.05, 0) is 35.9 Å². The summed E-state index contributed by atoms with van der Waals surface area (Å²) >= 11 is 5.90. The maximum atomic E-state index is 13.9. The zero-order valence-electron chi connectivity index (χ0n) is 10.4. The van der Waals surface area contributed by atoms with Crippen LogP contribution in [0.25, 0.3) is 0 Å². The largest absolute Gasteiger partial charge is 0.497 e. The summed E-state index contributed by atoms with van der Waals surface area (Å²) < 4.78 is 18.9. The van der Waals surface area contributed by atoms with Gasteiger partial charge in [0.2, 0.25) is 0 Å². The van der Waals surface area contributed by atoms with Gasteiger partial charge in [0.05, 0.1) is 13.2 Å². The number of nitrogens with two attached hydrogens (primary N) is 1. The van der Waals surface area contributed by atoms with Crippen LogP contribution in [-0.2, 0) is 0 Å². The van der Waals surface area contributed by atoms with Gasteiger partial charge < -0.3 is 4.74 Å². The third-order valence-corrected chi connectivity index (χ3v) is 3.12. The molecular weight excluding hydrogens is 267 g/mol. The van der Waals surface area contributed by atoms with Crippen molar-refractivity contribution in [3.63, 3.8) is 0 Å². The van der Waals surface area contributed by atoms with Crippen molar-refractivity contribution in [2.75, 3.05) is 7.11 Å². The van der Waals surface area contributed by atoms with Crippen LogP contribution in [-0.4, -0.2) is 7.11 Å².